The van der Waals surface area contributed by atoms with E-state index in [1.807, 2.05) is 6.07 Å². The number of primary amides is 1. The van der Waals surface area contributed by atoms with E-state index in [2.05, 4.69) is 10.1 Å². The molecule has 14 heteroatoms. The van der Waals surface area contributed by atoms with Crippen LogP contribution in [0.15, 0.2) is 35.3 Å². The molecule has 2 aromatic carbocycles. The summed E-state index contributed by atoms with van der Waals surface area (Å²) < 4.78 is 53.8. The normalized spacial score (nSPS) is 13.8. The lowest BCUT2D eigenvalue weighted by Gasteiger charge is -2.28. The average molecular weight is 577 g/mol. The number of ether oxygens (including phenoxy) is 2. The number of carbonyl (C=O) groups is 3. The van der Waals surface area contributed by atoms with Gasteiger partial charge in [-0.3, -0.25) is 14.4 Å². The van der Waals surface area contributed by atoms with E-state index in [0.29, 0.717) is 18.5 Å². The average Bonchev–Trinajstić information content (AvgIpc) is 3.12. The molecule has 4 rings (SSSR count). The van der Waals surface area contributed by atoms with Gasteiger partial charge in [0.25, 0.3) is 12.4 Å². The molecular formula is C27H27F3N4O7. The van der Waals surface area contributed by atoms with E-state index < -0.39 is 47.2 Å². The zero-order valence-electron chi connectivity index (χ0n) is 21.9. The minimum Gasteiger partial charge on any atom is -0.477 e. The molecule has 0 aliphatic carbocycles. The Bertz CT molecular complexity index is 1560. The van der Waals surface area contributed by atoms with Crippen molar-refractivity contribution in [3.8, 4) is 5.75 Å². The first-order valence-electron chi connectivity index (χ1n) is 12.6. The lowest BCUT2D eigenvalue weighted by molar-refractivity contribution is -0.142. The van der Waals surface area contributed by atoms with E-state index in [1.165, 1.54) is 4.57 Å². The second-order valence-corrected chi connectivity index (χ2v) is 9.29. The number of rotatable bonds is 11. The number of nitrogens with one attached hydrogen (secondary N) is 1. The van der Waals surface area contributed by atoms with Gasteiger partial charge in [0.15, 0.2) is 17.7 Å². The van der Waals surface area contributed by atoms with Gasteiger partial charge >= 0.3 is 12.6 Å². The molecule has 2 heterocycles. The van der Waals surface area contributed by atoms with Crippen molar-refractivity contribution in [2.45, 2.75) is 45.6 Å². The maximum absolute atomic E-state index is 15.7. The molecule has 0 radical (unpaired) electrons. The van der Waals surface area contributed by atoms with E-state index in [-0.39, 0.29) is 49.2 Å². The predicted octanol–water partition coefficient (Wildman–Crippen LogP) is 2.85. The molecule has 3 aromatic rings. The topological polar surface area (TPSA) is 153 Å². The summed E-state index contributed by atoms with van der Waals surface area (Å²) in [4.78, 5) is 48.0. The van der Waals surface area contributed by atoms with Gasteiger partial charge in [0.1, 0.15) is 11.3 Å². The number of aromatic nitrogens is 1. The van der Waals surface area contributed by atoms with Crippen molar-refractivity contribution in [2.24, 2.45) is 5.73 Å². The van der Waals surface area contributed by atoms with E-state index in [9.17, 15) is 33.1 Å². The molecule has 0 fully saturated rings. The van der Waals surface area contributed by atoms with Gasteiger partial charge in [0.05, 0.1) is 17.4 Å². The Hall–Kier alpha value is -4.75. The third kappa shape index (κ3) is 6.05. The maximum Gasteiger partial charge on any atom is 0.387 e. The second kappa shape index (κ2) is 12.2. The summed E-state index contributed by atoms with van der Waals surface area (Å²) in [5.74, 6) is -3.91. The highest BCUT2D eigenvalue weighted by molar-refractivity contribution is 5.97. The Labute approximate surface area is 231 Å². The Morgan fingerprint density at radius 3 is 2.63 bits per heavy atom. The molecular weight excluding hydrogens is 549 g/mol. The summed E-state index contributed by atoms with van der Waals surface area (Å²) >= 11 is 0. The summed E-state index contributed by atoms with van der Waals surface area (Å²) in [6, 6.07) is 6.12. The van der Waals surface area contributed by atoms with Crippen LogP contribution in [0, 0.1) is 5.82 Å². The molecule has 0 spiro atoms. The number of nitrogens with zero attached hydrogens (tertiary/aromatic N) is 2. The molecule has 1 amide bonds. The Balaban J connectivity index is 1.76. The van der Waals surface area contributed by atoms with Crippen LogP contribution in [0.5, 0.6) is 5.75 Å². The van der Waals surface area contributed by atoms with Crippen LogP contribution in [-0.2, 0) is 33.8 Å². The van der Waals surface area contributed by atoms with Crippen molar-refractivity contribution in [3.63, 3.8) is 0 Å². The summed E-state index contributed by atoms with van der Waals surface area (Å²) in [6.07, 6.45) is 0.909. The van der Waals surface area contributed by atoms with Crippen molar-refractivity contribution >= 4 is 40.6 Å². The van der Waals surface area contributed by atoms with Gasteiger partial charge in [0, 0.05) is 31.5 Å². The smallest absolute Gasteiger partial charge is 0.387 e. The van der Waals surface area contributed by atoms with E-state index in [1.54, 1.807) is 24.0 Å². The van der Waals surface area contributed by atoms with E-state index in [4.69, 9.17) is 10.5 Å². The Kier molecular flexibility index (Phi) is 8.69. The van der Waals surface area contributed by atoms with Gasteiger partial charge in [-0.15, -0.1) is 0 Å². The summed E-state index contributed by atoms with van der Waals surface area (Å²) in [5.41, 5.74) is 5.43. The van der Waals surface area contributed by atoms with Gasteiger partial charge in [-0.05, 0) is 49.1 Å². The number of aromatic carboxylic acids is 1. The highest BCUT2D eigenvalue weighted by atomic mass is 19.3. The molecule has 1 aliphatic heterocycles. The predicted molar refractivity (Wildman–Crippen MR) is 142 cm³/mol. The van der Waals surface area contributed by atoms with Crippen molar-refractivity contribution in [1.82, 2.24) is 4.57 Å². The number of carboxylic acid groups (broad SMARTS) is 1. The molecule has 1 aliphatic rings. The number of anilines is 2. The standard InChI is InChI=1S/C27H27F3N4O7/c1-2-33-12-18(26(38)39)23(36)17-9-19(28)22(24(21(17)33)41-27(29)30)34-7-3-4-14-8-16(6-5-15(14)11-34)32-10-20(25(31)37)40-13-35/h5-6,8-9,12-13,20,27,32H,2-4,7,10-11H2,1H3,(H2,31,37)(H,38,39). The summed E-state index contributed by atoms with van der Waals surface area (Å²) in [6.45, 7) is -1.20. The van der Waals surface area contributed by atoms with E-state index >= 15 is 4.39 Å². The van der Waals surface area contributed by atoms with Gasteiger partial charge < -0.3 is 35.1 Å². The van der Waals surface area contributed by atoms with Crippen LogP contribution < -0.4 is 26.1 Å². The number of pyridine rings is 1. The monoisotopic (exact) mass is 576 g/mol. The fourth-order valence-corrected chi connectivity index (χ4v) is 4.94. The van der Waals surface area contributed by atoms with Gasteiger partial charge in [-0.25, -0.2) is 9.18 Å². The molecule has 1 unspecified atom stereocenters. The van der Waals surface area contributed by atoms with Crippen LogP contribution >= 0.6 is 0 Å². The van der Waals surface area contributed by atoms with Gasteiger partial charge in [-0.2, -0.15) is 8.78 Å². The zero-order valence-corrected chi connectivity index (χ0v) is 21.9. The molecule has 0 saturated heterocycles. The van der Waals surface area contributed by atoms with E-state index in [0.717, 1.165) is 23.4 Å². The van der Waals surface area contributed by atoms with Crippen LogP contribution in [0.25, 0.3) is 10.9 Å². The first-order valence-corrected chi connectivity index (χ1v) is 12.6. The number of hydrogen-bond donors (Lipinski definition) is 3. The molecule has 41 heavy (non-hydrogen) atoms. The number of carboxylic acids is 1. The molecule has 1 atom stereocenters. The maximum atomic E-state index is 15.7. The number of halogens is 3. The third-order valence-electron chi connectivity index (χ3n) is 6.81. The van der Waals surface area contributed by atoms with Crippen molar-refractivity contribution in [2.75, 3.05) is 23.3 Å². The Morgan fingerprint density at radius 2 is 2.00 bits per heavy atom. The van der Waals surface area contributed by atoms with Crippen LogP contribution in [0.1, 0.15) is 34.8 Å². The number of carbonyl (C=O) groups excluding carboxylic acids is 2. The molecule has 4 N–H and O–H groups in total. The zero-order chi connectivity index (χ0) is 29.8. The summed E-state index contributed by atoms with van der Waals surface area (Å²) in [5, 5.41) is 12.0. The second-order valence-electron chi connectivity index (χ2n) is 9.29. The number of benzene rings is 2. The lowest BCUT2D eigenvalue weighted by Crippen LogP contribution is -2.36. The molecule has 0 bridgehead atoms. The highest BCUT2D eigenvalue weighted by Crippen LogP contribution is 2.41. The lowest BCUT2D eigenvalue weighted by atomic mass is 10.0. The van der Waals surface area contributed by atoms with Crippen LogP contribution in [0.4, 0.5) is 24.5 Å². The number of nitrogens with two attached hydrogens (primary N) is 1. The molecule has 1 aromatic heterocycles. The number of aryl methyl sites for hydroxylation is 2. The largest absolute Gasteiger partial charge is 0.477 e. The first kappa shape index (κ1) is 29.2. The number of amides is 1. The van der Waals surface area contributed by atoms with Crippen molar-refractivity contribution < 1.29 is 42.1 Å². The minimum absolute atomic E-state index is 0.0572. The third-order valence-corrected chi connectivity index (χ3v) is 6.81. The number of hydrogen-bond acceptors (Lipinski definition) is 8. The SMILES string of the molecule is CCn1cc(C(=O)O)c(=O)c2cc(F)c(N3CCCc4cc(NCC(OC=O)C(N)=O)ccc4C3)c(OC(F)F)c21. The Morgan fingerprint density at radius 1 is 1.24 bits per heavy atom. The van der Waals surface area contributed by atoms with Crippen LogP contribution in [0.2, 0.25) is 0 Å². The number of alkyl halides is 2. The summed E-state index contributed by atoms with van der Waals surface area (Å²) in [7, 11) is 0. The van der Waals surface area contributed by atoms with Crippen LogP contribution in [0.3, 0.4) is 0 Å². The van der Waals surface area contributed by atoms with Gasteiger partial charge in [-0.1, -0.05) is 6.07 Å². The first-order chi connectivity index (χ1) is 19.5. The fourth-order valence-electron chi connectivity index (χ4n) is 4.94. The quantitative estimate of drug-likeness (QED) is 0.293. The van der Waals surface area contributed by atoms with Crippen molar-refractivity contribution in [1.29, 1.82) is 0 Å². The minimum atomic E-state index is -3.35. The molecule has 11 nitrogen and oxygen atoms in total. The highest BCUT2D eigenvalue weighted by Gasteiger charge is 2.29. The van der Waals surface area contributed by atoms with Gasteiger partial charge in [0.2, 0.25) is 5.43 Å². The fraction of sp³-hybridized carbons (Fsp3) is 0.333. The molecule has 0 saturated carbocycles. The number of fused-ring (bicyclic) bond motifs is 2. The van der Waals surface area contributed by atoms with Crippen LogP contribution in [-0.4, -0.2) is 53.8 Å². The van der Waals surface area contributed by atoms with Crippen molar-refractivity contribution in [3.05, 3.63) is 63.2 Å². The molecule has 218 valence electrons.